The van der Waals surface area contributed by atoms with Crippen LogP contribution in [0.4, 0.5) is 0 Å². The number of nitrogens with one attached hydrogen (secondary N) is 5. The van der Waals surface area contributed by atoms with Crippen molar-refractivity contribution in [1.82, 2.24) is 26.6 Å². The van der Waals surface area contributed by atoms with Gasteiger partial charge in [-0.3, -0.25) is 9.59 Å². The highest BCUT2D eigenvalue weighted by molar-refractivity contribution is 6.08. The van der Waals surface area contributed by atoms with Gasteiger partial charge in [0.1, 0.15) is 5.78 Å². The number of aliphatic hydroxyl groups excluding tert-OH is 3. The Morgan fingerprint density at radius 3 is 2.61 bits per heavy atom. The third-order valence-electron chi connectivity index (χ3n) is 23.3. The number of carbonyl (C=O) groups is 2. The number of ether oxygens (including phenoxy) is 1. The lowest BCUT2D eigenvalue weighted by Gasteiger charge is -2.56. The van der Waals surface area contributed by atoms with Crippen molar-refractivity contribution < 1.29 is 34.8 Å². The molecule has 15 nitrogen and oxygen atoms in total. The lowest BCUT2D eigenvalue weighted by atomic mass is 9.50. The quantitative estimate of drug-likeness (QED) is 0.0384. The minimum absolute atomic E-state index is 0.0146. The molecule has 15 heteroatoms. The van der Waals surface area contributed by atoms with E-state index in [0.29, 0.717) is 83.8 Å². The summed E-state index contributed by atoms with van der Waals surface area (Å²) in [7, 11) is 0. The van der Waals surface area contributed by atoms with E-state index in [2.05, 4.69) is 105 Å². The Hall–Kier alpha value is -6.35. The number of aliphatic imine (C=N–C) groups is 1. The average Bonchev–Trinajstić information content (AvgIpc) is 1.52. The van der Waals surface area contributed by atoms with Crippen molar-refractivity contribution >= 4 is 23.1 Å². The van der Waals surface area contributed by atoms with E-state index in [0.717, 1.165) is 107 Å². The number of guanidine groups is 1. The SMILES string of the molecule is C[C@H](O)[C@@H]1C=C2C[C@H]3C[C@@H]4CC[C@@]5([C@H](C[C@]6(C[C@H]7[C@H]8CCNC[C@H]8C[C@@H]8C=CCN[C@@H]78)C[C@@H](CC[C@@H]65)CC(=O)CC(=O)/C=C(\CO)c5cc(OCO)c(O)cc5CC5=CNC(N)C=C5[C@H](Cc5cccc(CCc6ccccc6)c5)CC#CN=C(N)N3)N1)[C@@H]24. The van der Waals surface area contributed by atoms with Gasteiger partial charge in [-0.25, -0.2) is 0 Å². The predicted octanol–water partition coefficient (Wildman–Crippen LogP) is 7.58. The Balaban J connectivity index is 0.874. The minimum atomic E-state index is -0.711. The number of Topliss-reactive ketones (excluding diaryl/α,β-unsaturated/α-hetero) is 1. The molecule has 1 unspecified atom stereocenters. The van der Waals surface area contributed by atoms with E-state index in [1.807, 2.05) is 25.3 Å². The van der Waals surface area contributed by atoms with E-state index >= 15 is 0 Å². The first-order valence-corrected chi connectivity index (χ1v) is 33.6. The van der Waals surface area contributed by atoms with Crippen molar-refractivity contribution in [1.29, 1.82) is 0 Å². The van der Waals surface area contributed by atoms with E-state index in [1.54, 1.807) is 12.1 Å². The van der Waals surface area contributed by atoms with Crippen molar-refractivity contribution in [2.45, 2.75) is 159 Å². The maximum atomic E-state index is 14.7. The summed E-state index contributed by atoms with van der Waals surface area (Å²) >= 11 is 0. The summed E-state index contributed by atoms with van der Waals surface area (Å²) < 4.78 is 5.51. The molecule has 89 heavy (non-hydrogen) atoms. The molecule has 5 saturated carbocycles. The monoisotopic (exact) mass is 1210 g/mol. The Morgan fingerprint density at radius 2 is 1.76 bits per heavy atom. The van der Waals surface area contributed by atoms with Gasteiger partial charge < -0.3 is 63.2 Å². The topological polar surface area (TPSA) is 249 Å². The van der Waals surface area contributed by atoms with Crippen LogP contribution in [0.1, 0.15) is 125 Å². The van der Waals surface area contributed by atoms with E-state index in [4.69, 9.17) is 21.2 Å². The number of allylic oxidation sites excluding steroid dienone is 3. The third kappa shape index (κ3) is 12.7. The number of nitrogens with two attached hydrogens (primary N) is 2. The first kappa shape index (κ1) is 61.5. The Morgan fingerprint density at radius 1 is 0.921 bits per heavy atom. The highest BCUT2D eigenvalue weighted by Gasteiger charge is 2.70. The van der Waals surface area contributed by atoms with Gasteiger partial charge in [-0.05, 0) is 249 Å². The molecule has 17 atom stereocenters. The fraction of sp³-hybridized carbons (Fsp3) is 0.554. The second-order valence-corrected chi connectivity index (χ2v) is 28.5. The number of aliphatic hydroxyl groups is 3. The summed E-state index contributed by atoms with van der Waals surface area (Å²) in [5.41, 5.74) is 21.7. The minimum Gasteiger partial charge on any atom is -0.504 e. The van der Waals surface area contributed by atoms with Gasteiger partial charge in [0.15, 0.2) is 24.1 Å². The highest BCUT2D eigenvalue weighted by Crippen LogP contribution is 2.74. The van der Waals surface area contributed by atoms with E-state index in [1.165, 1.54) is 35.6 Å². The Bertz CT molecular complexity index is 3380. The van der Waals surface area contributed by atoms with Gasteiger partial charge in [0.25, 0.3) is 0 Å². The first-order valence-electron chi connectivity index (χ1n) is 33.6. The summed E-state index contributed by atoms with van der Waals surface area (Å²) in [5, 5.41) is 63.4. The second kappa shape index (κ2) is 26.5. The van der Waals surface area contributed by atoms with Crippen LogP contribution in [-0.4, -0.2) is 107 Å². The van der Waals surface area contributed by atoms with Crippen molar-refractivity contribution in [3.05, 3.63) is 148 Å². The van der Waals surface area contributed by atoms with Gasteiger partial charge in [-0.15, -0.1) is 0 Å². The fourth-order valence-corrected chi connectivity index (χ4v) is 20.1. The summed E-state index contributed by atoms with van der Waals surface area (Å²) in [4.78, 5) is 34.0. The zero-order valence-corrected chi connectivity index (χ0v) is 51.9. The molecule has 7 heterocycles. The molecule has 472 valence electrons. The van der Waals surface area contributed by atoms with Gasteiger partial charge in [0.2, 0.25) is 5.96 Å². The van der Waals surface area contributed by atoms with Gasteiger partial charge >= 0.3 is 0 Å². The van der Waals surface area contributed by atoms with E-state index in [-0.39, 0.29) is 76.5 Å². The number of phenolic OH excluding ortho intramolecular Hbond substituents is 1. The third-order valence-corrected chi connectivity index (χ3v) is 23.3. The van der Waals surface area contributed by atoms with Crippen molar-refractivity contribution in [2.75, 3.05) is 33.0 Å². The van der Waals surface area contributed by atoms with Crippen LogP contribution in [0, 0.1) is 76.1 Å². The smallest absolute Gasteiger partial charge is 0.202 e. The molecule has 0 radical (unpaired) electrons. The molecule has 5 aliphatic carbocycles. The number of hydrogen-bond donors (Lipinski definition) is 11. The van der Waals surface area contributed by atoms with Crippen LogP contribution >= 0.6 is 0 Å². The number of aromatic hydroxyl groups is 1. The largest absolute Gasteiger partial charge is 0.504 e. The van der Waals surface area contributed by atoms with Crippen LogP contribution in [0.5, 0.6) is 11.5 Å². The maximum Gasteiger partial charge on any atom is 0.202 e. The van der Waals surface area contributed by atoms with Crippen LogP contribution in [0.2, 0.25) is 0 Å². The number of carbonyl (C=O) groups excluding carboxylic acids is 2. The number of phenols is 1. The number of nitrogens with zero attached hydrogens (tertiary/aromatic N) is 1. The van der Waals surface area contributed by atoms with Crippen molar-refractivity contribution in [3.8, 4) is 23.5 Å². The molecular formula is C74H94N8O7. The number of dihydropyridines is 1. The lowest BCUT2D eigenvalue weighted by molar-refractivity contribution is -0.126. The molecule has 7 aliphatic heterocycles. The first-order chi connectivity index (χ1) is 43.3. The van der Waals surface area contributed by atoms with Crippen LogP contribution in [-0.2, 0) is 35.3 Å². The van der Waals surface area contributed by atoms with E-state index in [9.17, 15) is 30.0 Å². The second-order valence-electron chi connectivity index (χ2n) is 28.5. The number of aryl methyl sites for hydroxylation is 2. The molecule has 8 bridgehead atoms. The summed E-state index contributed by atoms with van der Waals surface area (Å²) in [5.74, 6) is 6.30. The molecular weight excluding hydrogens is 1110 g/mol. The van der Waals surface area contributed by atoms with Gasteiger partial charge in [0, 0.05) is 49.8 Å². The molecule has 12 aliphatic rings. The van der Waals surface area contributed by atoms with Crippen LogP contribution in [0.3, 0.4) is 0 Å². The standard InChI is InChI=1S/C74H94N8O7/c1-44(85)64-32-53-30-57-29-50-18-20-74(70(50)53)67-17-16-48(37-73(67,39-68(74)82-64)38-63-60-19-23-77-40-54(60)27-51-13-7-21-78-71(51)63)26-58(86)34-59(87)31-56(42-83)61-35-66(89-43-84)65(88)33-52(61)28-55-41-80-69(75)36-62(55)49(12-6-22-79-72(76)81-57)25-47-11-5-10-46(24-47)15-14-45-8-3-2-4-9-45/h2-5,7-11,13,24,31-33,35-36,41,44,48-51,54,57,60,63-64,67-71,77-78,80,82-85,88H,12,14-21,23,25-30,34,37-40,42-43,75H2,1H3,(H3,76,79,81)/b56-31+/t44-,48-,49-,50-,51-,54+,57+,60-,63-,64-,67-,68-,69?,70+,71+,73+,74+/m0/s1. The van der Waals surface area contributed by atoms with Crippen LogP contribution < -0.4 is 42.8 Å². The van der Waals surface area contributed by atoms with Gasteiger partial charge in [-0.1, -0.05) is 84.3 Å². The molecule has 0 aromatic heterocycles. The summed E-state index contributed by atoms with van der Waals surface area (Å²) in [6, 6.07) is 25.9. The molecule has 13 N–H and O–H groups in total. The molecule has 6 fully saturated rings. The van der Waals surface area contributed by atoms with Crippen molar-refractivity contribution in [3.63, 3.8) is 0 Å². The van der Waals surface area contributed by atoms with Gasteiger partial charge in [-0.2, -0.15) is 4.99 Å². The summed E-state index contributed by atoms with van der Waals surface area (Å²) in [6.45, 7) is 3.68. The number of piperidine rings is 1. The number of benzene rings is 3. The molecule has 3 aromatic carbocycles. The molecule has 1 saturated heterocycles. The maximum absolute atomic E-state index is 14.7. The predicted molar refractivity (Wildman–Crippen MR) is 347 cm³/mol. The van der Waals surface area contributed by atoms with Crippen LogP contribution in [0.25, 0.3) is 5.57 Å². The Kier molecular flexibility index (Phi) is 18.3. The van der Waals surface area contributed by atoms with Gasteiger partial charge in [0.05, 0.1) is 31.3 Å². The van der Waals surface area contributed by atoms with E-state index < -0.39 is 31.5 Å². The van der Waals surface area contributed by atoms with Crippen LogP contribution in [0.15, 0.2) is 125 Å². The Labute approximate surface area is 525 Å². The molecule has 3 aromatic rings. The normalized spacial score (nSPS) is 36.1. The fourth-order valence-electron chi connectivity index (χ4n) is 20.1. The number of fused-ring (bicyclic) bond motifs is 2. The van der Waals surface area contributed by atoms with Crippen molar-refractivity contribution in [2.24, 2.45) is 80.6 Å². The zero-order chi connectivity index (χ0) is 61.4. The average molecular weight is 1210 g/mol. The summed E-state index contributed by atoms with van der Waals surface area (Å²) in [6.07, 6.45) is 25.9. The zero-order valence-electron chi connectivity index (χ0n) is 51.9. The molecule has 1 spiro atoms. The lowest BCUT2D eigenvalue weighted by Crippen LogP contribution is -2.57. The number of hydrogen-bond acceptors (Lipinski definition) is 15. The number of rotatable bonds is 11. The highest BCUT2D eigenvalue weighted by atomic mass is 16.6. The molecule has 15 rings (SSSR count). The number of ketones is 2. The molecule has 0 amide bonds.